The molecule has 0 radical (unpaired) electrons. The minimum atomic E-state index is 0.513. The smallest absolute Gasteiger partial charge is 0.128 e. The van der Waals surface area contributed by atoms with Crippen LogP contribution in [0.15, 0.2) is 48.5 Å². The van der Waals surface area contributed by atoms with Crippen LogP contribution in [0, 0.1) is 6.92 Å². The van der Waals surface area contributed by atoms with Gasteiger partial charge >= 0.3 is 0 Å². The second-order valence-electron chi connectivity index (χ2n) is 4.66. The number of H-pyrrole nitrogens is 1. The number of nitrogens with two attached hydrogens (primary N) is 1. The van der Waals surface area contributed by atoms with Crippen LogP contribution in [0.2, 0.25) is 0 Å². The van der Waals surface area contributed by atoms with Gasteiger partial charge in [-0.15, -0.1) is 0 Å². The van der Waals surface area contributed by atoms with Gasteiger partial charge in [0.1, 0.15) is 12.4 Å². The zero-order valence-electron chi connectivity index (χ0n) is 10.8. The highest BCUT2D eigenvalue weighted by Gasteiger charge is 2.04. The maximum absolute atomic E-state index is 5.94. The van der Waals surface area contributed by atoms with E-state index in [2.05, 4.69) is 4.98 Å². The summed E-state index contributed by atoms with van der Waals surface area (Å²) in [6.45, 7) is 2.55. The summed E-state index contributed by atoms with van der Waals surface area (Å²) >= 11 is 0. The highest BCUT2D eigenvalue weighted by Crippen LogP contribution is 2.23. The quantitative estimate of drug-likeness (QED) is 0.699. The van der Waals surface area contributed by atoms with Crippen molar-refractivity contribution in [3.05, 3.63) is 59.8 Å². The van der Waals surface area contributed by atoms with Gasteiger partial charge in [0.05, 0.1) is 5.69 Å². The first-order chi connectivity index (χ1) is 9.24. The van der Waals surface area contributed by atoms with E-state index in [0.29, 0.717) is 6.61 Å². The molecule has 1 aromatic heterocycles. The molecule has 3 N–H and O–H groups in total. The van der Waals surface area contributed by atoms with Crippen molar-refractivity contribution in [2.24, 2.45) is 0 Å². The standard InChI is InChI=1S/C16H16N2O/c1-11-5-2-3-8-16(11)19-10-12-9-13-14(17)6-4-7-15(13)18-12/h2-9,18H,10,17H2,1H3. The fraction of sp³-hybridized carbons (Fsp3) is 0.125. The summed E-state index contributed by atoms with van der Waals surface area (Å²) in [7, 11) is 0. The van der Waals surface area contributed by atoms with Gasteiger partial charge in [-0.05, 0) is 36.8 Å². The number of rotatable bonds is 3. The molecule has 0 bridgehead atoms. The summed E-state index contributed by atoms with van der Waals surface area (Å²) in [5.41, 5.74) is 9.93. The third-order valence-electron chi connectivity index (χ3n) is 3.23. The summed E-state index contributed by atoms with van der Waals surface area (Å²) in [6, 6.07) is 15.9. The third kappa shape index (κ3) is 2.27. The van der Waals surface area contributed by atoms with Gasteiger partial charge in [-0.2, -0.15) is 0 Å². The Kier molecular flexibility index (Phi) is 2.88. The van der Waals surface area contributed by atoms with Crippen LogP contribution in [-0.2, 0) is 6.61 Å². The van der Waals surface area contributed by atoms with Crippen molar-refractivity contribution < 1.29 is 4.74 Å². The van der Waals surface area contributed by atoms with Gasteiger partial charge < -0.3 is 15.5 Å². The van der Waals surface area contributed by atoms with E-state index in [-0.39, 0.29) is 0 Å². The molecule has 0 aliphatic carbocycles. The van der Waals surface area contributed by atoms with Crippen molar-refractivity contribution in [2.45, 2.75) is 13.5 Å². The van der Waals surface area contributed by atoms with Crippen molar-refractivity contribution in [3.63, 3.8) is 0 Å². The van der Waals surface area contributed by atoms with Crippen LogP contribution in [0.25, 0.3) is 10.9 Å². The number of ether oxygens (including phenoxy) is 1. The van der Waals surface area contributed by atoms with Crippen LogP contribution in [-0.4, -0.2) is 4.98 Å². The Morgan fingerprint density at radius 3 is 2.74 bits per heavy atom. The van der Waals surface area contributed by atoms with Gasteiger partial charge in [0, 0.05) is 16.6 Å². The minimum Gasteiger partial charge on any atom is -0.487 e. The van der Waals surface area contributed by atoms with E-state index < -0.39 is 0 Å². The summed E-state index contributed by atoms with van der Waals surface area (Å²) < 4.78 is 5.82. The fourth-order valence-corrected chi connectivity index (χ4v) is 2.19. The number of aryl methyl sites for hydroxylation is 1. The Hall–Kier alpha value is -2.42. The van der Waals surface area contributed by atoms with Gasteiger partial charge in [0.2, 0.25) is 0 Å². The van der Waals surface area contributed by atoms with E-state index in [1.54, 1.807) is 0 Å². The highest BCUT2D eigenvalue weighted by molar-refractivity contribution is 5.91. The Morgan fingerprint density at radius 1 is 1.11 bits per heavy atom. The number of para-hydroxylation sites is 1. The molecule has 0 aliphatic heterocycles. The van der Waals surface area contributed by atoms with Gasteiger partial charge in [-0.25, -0.2) is 0 Å². The number of nitrogen functional groups attached to an aromatic ring is 1. The number of nitrogens with one attached hydrogen (secondary N) is 1. The van der Waals surface area contributed by atoms with Crippen LogP contribution >= 0.6 is 0 Å². The first-order valence-electron chi connectivity index (χ1n) is 6.28. The van der Waals surface area contributed by atoms with Crippen LogP contribution in [0.3, 0.4) is 0 Å². The number of fused-ring (bicyclic) bond motifs is 1. The summed E-state index contributed by atoms with van der Waals surface area (Å²) in [5, 5.41) is 1.05. The number of aromatic nitrogens is 1. The van der Waals surface area contributed by atoms with E-state index in [9.17, 15) is 0 Å². The van der Waals surface area contributed by atoms with Crippen molar-refractivity contribution in [1.82, 2.24) is 4.98 Å². The molecule has 0 unspecified atom stereocenters. The molecule has 0 saturated carbocycles. The van der Waals surface area contributed by atoms with E-state index in [1.165, 1.54) is 0 Å². The number of anilines is 1. The molecule has 3 aromatic rings. The molecule has 0 fully saturated rings. The molecule has 3 rings (SSSR count). The Labute approximate surface area is 112 Å². The second kappa shape index (κ2) is 4.69. The Morgan fingerprint density at radius 2 is 1.95 bits per heavy atom. The predicted octanol–water partition coefficient (Wildman–Crippen LogP) is 3.64. The number of hydrogen-bond acceptors (Lipinski definition) is 2. The lowest BCUT2D eigenvalue weighted by Crippen LogP contribution is -1.96. The summed E-state index contributed by atoms with van der Waals surface area (Å²) in [6.07, 6.45) is 0. The van der Waals surface area contributed by atoms with Crippen LogP contribution in [0.5, 0.6) is 5.75 Å². The van der Waals surface area contributed by atoms with E-state index in [4.69, 9.17) is 10.5 Å². The molecule has 0 saturated heterocycles. The molecule has 2 aromatic carbocycles. The molecule has 0 amide bonds. The topological polar surface area (TPSA) is 51.0 Å². The third-order valence-corrected chi connectivity index (χ3v) is 3.23. The van der Waals surface area contributed by atoms with Gasteiger partial charge in [-0.3, -0.25) is 0 Å². The predicted molar refractivity (Wildman–Crippen MR) is 78.2 cm³/mol. The van der Waals surface area contributed by atoms with Crippen LogP contribution < -0.4 is 10.5 Å². The monoisotopic (exact) mass is 252 g/mol. The first kappa shape index (κ1) is 11.7. The molecular weight excluding hydrogens is 236 g/mol. The molecule has 0 atom stereocenters. The molecule has 3 nitrogen and oxygen atoms in total. The van der Waals surface area contributed by atoms with Crippen LogP contribution in [0.1, 0.15) is 11.3 Å². The molecule has 1 heterocycles. The zero-order chi connectivity index (χ0) is 13.2. The number of hydrogen-bond donors (Lipinski definition) is 2. The average molecular weight is 252 g/mol. The number of aromatic amines is 1. The SMILES string of the molecule is Cc1ccccc1OCc1cc2c(N)cccc2[nH]1. The fourth-order valence-electron chi connectivity index (χ4n) is 2.19. The zero-order valence-corrected chi connectivity index (χ0v) is 10.8. The average Bonchev–Trinajstić information content (AvgIpc) is 2.82. The first-order valence-corrected chi connectivity index (χ1v) is 6.28. The normalized spacial score (nSPS) is 10.8. The highest BCUT2D eigenvalue weighted by atomic mass is 16.5. The van der Waals surface area contributed by atoms with Crippen molar-refractivity contribution in [3.8, 4) is 5.75 Å². The second-order valence-corrected chi connectivity index (χ2v) is 4.66. The largest absolute Gasteiger partial charge is 0.487 e. The summed E-state index contributed by atoms with van der Waals surface area (Å²) in [4.78, 5) is 3.32. The lowest BCUT2D eigenvalue weighted by atomic mass is 10.2. The maximum Gasteiger partial charge on any atom is 0.128 e. The Bertz CT molecular complexity index is 716. The lowest BCUT2D eigenvalue weighted by Gasteiger charge is -2.07. The lowest BCUT2D eigenvalue weighted by molar-refractivity contribution is 0.300. The molecule has 3 heteroatoms. The van der Waals surface area contributed by atoms with Crippen molar-refractivity contribution in [2.75, 3.05) is 5.73 Å². The maximum atomic E-state index is 5.94. The van der Waals surface area contributed by atoms with Crippen molar-refractivity contribution in [1.29, 1.82) is 0 Å². The minimum absolute atomic E-state index is 0.513. The molecule has 0 aliphatic rings. The van der Waals surface area contributed by atoms with E-state index >= 15 is 0 Å². The Balaban J connectivity index is 1.83. The van der Waals surface area contributed by atoms with Gasteiger partial charge in [0.15, 0.2) is 0 Å². The van der Waals surface area contributed by atoms with Gasteiger partial charge in [0.25, 0.3) is 0 Å². The number of benzene rings is 2. The van der Waals surface area contributed by atoms with Crippen LogP contribution in [0.4, 0.5) is 5.69 Å². The van der Waals surface area contributed by atoms with E-state index in [1.807, 2.05) is 55.5 Å². The van der Waals surface area contributed by atoms with Gasteiger partial charge in [-0.1, -0.05) is 24.3 Å². The van der Waals surface area contributed by atoms with E-state index in [0.717, 1.165) is 33.6 Å². The molecule has 0 spiro atoms. The van der Waals surface area contributed by atoms with Crippen molar-refractivity contribution >= 4 is 16.6 Å². The summed E-state index contributed by atoms with van der Waals surface area (Å²) in [5.74, 6) is 0.911. The molecular formula is C16H16N2O. The molecule has 96 valence electrons. The molecule has 19 heavy (non-hydrogen) atoms.